The standard InChI is InChI=1S/C10H14F2N2O2/c11-8(12)4-7-5-10(16)14(6-7)3-1-2-9(13)15/h4,7H,1-3,5-6H2,(H2,13,15). The third kappa shape index (κ3) is 3.96. The molecular formula is C10H14F2N2O2. The Bertz CT molecular complexity index is 314. The fourth-order valence-corrected chi connectivity index (χ4v) is 1.75. The Hall–Kier alpha value is -1.46. The number of carbonyl (C=O) groups excluding carboxylic acids is 2. The Morgan fingerprint density at radius 3 is 2.81 bits per heavy atom. The first-order chi connectivity index (χ1) is 7.49. The molecule has 1 rings (SSSR count). The van der Waals surface area contributed by atoms with Crippen LogP contribution >= 0.6 is 0 Å². The molecule has 1 atom stereocenters. The molecule has 0 aromatic rings. The van der Waals surface area contributed by atoms with Crippen LogP contribution in [0.4, 0.5) is 8.78 Å². The number of carbonyl (C=O) groups is 2. The maximum Gasteiger partial charge on any atom is 0.266 e. The number of nitrogens with two attached hydrogens (primary N) is 1. The summed E-state index contributed by atoms with van der Waals surface area (Å²) in [6.45, 7) is 0.703. The van der Waals surface area contributed by atoms with Crippen LogP contribution in [0.15, 0.2) is 12.2 Å². The van der Waals surface area contributed by atoms with E-state index in [0.29, 0.717) is 19.5 Å². The number of hydrogen-bond donors (Lipinski definition) is 1. The number of hydrogen-bond acceptors (Lipinski definition) is 2. The first-order valence-corrected chi connectivity index (χ1v) is 5.08. The molecule has 1 aliphatic heterocycles. The molecule has 1 heterocycles. The Balaban J connectivity index is 2.37. The zero-order valence-electron chi connectivity index (χ0n) is 8.79. The van der Waals surface area contributed by atoms with Gasteiger partial charge in [0, 0.05) is 31.8 Å². The van der Waals surface area contributed by atoms with E-state index in [-0.39, 0.29) is 18.7 Å². The SMILES string of the molecule is NC(=O)CCCN1CC(C=C(F)F)CC1=O. The van der Waals surface area contributed by atoms with E-state index >= 15 is 0 Å². The predicted octanol–water partition coefficient (Wildman–Crippen LogP) is 0.881. The molecule has 2 N–H and O–H groups in total. The molecule has 90 valence electrons. The number of primary amides is 1. The van der Waals surface area contributed by atoms with Crippen molar-refractivity contribution in [1.29, 1.82) is 0 Å². The fraction of sp³-hybridized carbons (Fsp3) is 0.600. The van der Waals surface area contributed by atoms with Gasteiger partial charge in [-0.05, 0) is 12.5 Å². The topological polar surface area (TPSA) is 63.4 Å². The number of likely N-dealkylation sites (tertiary alicyclic amines) is 1. The number of rotatable bonds is 5. The van der Waals surface area contributed by atoms with E-state index in [9.17, 15) is 18.4 Å². The van der Waals surface area contributed by atoms with E-state index in [4.69, 9.17) is 5.73 Å². The van der Waals surface area contributed by atoms with Crippen molar-refractivity contribution in [3.8, 4) is 0 Å². The van der Waals surface area contributed by atoms with E-state index in [1.807, 2.05) is 0 Å². The monoisotopic (exact) mass is 232 g/mol. The molecule has 0 bridgehead atoms. The second kappa shape index (κ2) is 5.58. The zero-order chi connectivity index (χ0) is 12.1. The molecule has 0 radical (unpaired) electrons. The van der Waals surface area contributed by atoms with Crippen LogP contribution in [0.25, 0.3) is 0 Å². The van der Waals surface area contributed by atoms with Crippen LogP contribution in [0.2, 0.25) is 0 Å². The highest BCUT2D eigenvalue weighted by molar-refractivity contribution is 5.79. The number of nitrogens with zero attached hydrogens (tertiary/aromatic N) is 1. The lowest BCUT2D eigenvalue weighted by Crippen LogP contribution is -2.27. The fourth-order valence-electron chi connectivity index (χ4n) is 1.75. The molecule has 4 nitrogen and oxygen atoms in total. The van der Waals surface area contributed by atoms with Gasteiger partial charge in [0.15, 0.2) is 0 Å². The summed E-state index contributed by atoms with van der Waals surface area (Å²) in [5.41, 5.74) is 4.95. The minimum Gasteiger partial charge on any atom is -0.370 e. The molecule has 0 spiro atoms. The third-order valence-electron chi connectivity index (χ3n) is 2.46. The average molecular weight is 232 g/mol. The van der Waals surface area contributed by atoms with Crippen molar-refractivity contribution in [1.82, 2.24) is 4.90 Å². The molecule has 1 fully saturated rings. The Morgan fingerprint density at radius 1 is 1.56 bits per heavy atom. The molecule has 0 saturated carbocycles. The summed E-state index contributed by atoms with van der Waals surface area (Å²) in [6, 6.07) is 0. The third-order valence-corrected chi connectivity index (χ3v) is 2.46. The number of halogens is 2. The van der Waals surface area contributed by atoms with Gasteiger partial charge in [0.25, 0.3) is 6.08 Å². The summed E-state index contributed by atoms with van der Waals surface area (Å²) in [4.78, 5) is 23.3. The van der Waals surface area contributed by atoms with Gasteiger partial charge in [-0.25, -0.2) is 0 Å². The Morgan fingerprint density at radius 2 is 2.25 bits per heavy atom. The number of amides is 2. The maximum atomic E-state index is 12.0. The van der Waals surface area contributed by atoms with Gasteiger partial charge in [-0.15, -0.1) is 0 Å². The van der Waals surface area contributed by atoms with E-state index in [1.165, 1.54) is 4.90 Å². The molecule has 16 heavy (non-hydrogen) atoms. The molecule has 1 aliphatic rings. The summed E-state index contributed by atoms with van der Waals surface area (Å²) in [5, 5.41) is 0. The molecule has 0 aromatic heterocycles. The van der Waals surface area contributed by atoms with Gasteiger partial charge in [-0.2, -0.15) is 8.78 Å². The smallest absolute Gasteiger partial charge is 0.266 e. The van der Waals surface area contributed by atoms with Crippen LogP contribution in [0.5, 0.6) is 0 Å². The lowest BCUT2D eigenvalue weighted by atomic mass is 10.1. The van der Waals surface area contributed by atoms with Crippen molar-refractivity contribution in [2.75, 3.05) is 13.1 Å². The average Bonchev–Trinajstić information content (AvgIpc) is 2.45. The first kappa shape index (κ1) is 12.6. The maximum absolute atomic E-state index is 12.0. The minimum absolute atomic E-state index is 0.119. The van der Waals surface area contributed by atoms with Crippen molar-refractivity contribution < 1.29 is 18.4 Å². The van der Waals surface area contributed by atoms with Gasteiger partial charge in [-0.3, -0.25) is 9.59 Å². The molecule has 6 heteroatoms. The lowest BCUT2D eigenvalue weighted by molar-refractivity contribution is -0.128. The molecule has 0 aromatic carbocycles. The molecular weight excluding hydrogens is 218 g/mol. The van der Waals surface area contributed by atoms with Gasteiger partial charge in [0.05, 0.1) is 0 Å². The minimum atomic E-state index is -1.75. The predicted molar refractivity (Wildman–Crippen MR) is 53.4 cm³/mol. The van der Waals surface area contributed by atoms with Gasteiger partial charge >= 0.3 is 0 Å². The molecule has 1 unspecified atom stereocenters. The van der Waals surface area contributed by atoms with Crippen LogP contribution in [-0.2, 0) is 9.59 Å². The summed E-state index contributed by atoms with van der Waals surface area (Å²) in [7, 11) is 0. The quantitative estimate of drug-likeness (QED) is 0.764. The molecule has 1 saturated heterocycles. The van der Waals surface area contributed by atoms with Gasteiger partial charge < -0.3 is 10.6 Å². The van der Waals surface area contributed by atoms with Crippen molar-refractivity contribution in [3.05, 3.63) is 12.2 Å². The summed E-state index contributed by atoms with van der Waals surface area (Å²) >= 11 is 0. The first-order valence-electron chi connectivity index (χ1n) is 5.08. The summed E-state index contributed by atoms with van der Waals surface area (Å²) in [5.74, 6) is -0.976. The lowest BCUT2D eigenvalue weighted by Gasteiger charge is -2.14. The van der Waals surface area contributed by atoms with Crippen LogP contribution in [0.3, 0.4) is 0 Å². The Labute approximate surface area is 92.1 Å². The highest BCUT2D eigenvalue weighted by atomic mass is 19.3. The van der Waals surface area contributed by atoms with Crippen molar-refractivity contribution in [2.24, 2.45) is 11.7 Å². The molecule has 2 amide bonds. The van der Waals surface area contributed by atoms with E-state index < -0.39 is 17.9 Å². The van der Waals surface area contributed by atoms with Gasteiger partial charge in [0.1, 0.15) is 0 Å². The van der Waals surface area contributed by atoms with Crippen LogP contribution in [0, 0.1) is 5.92 Å². The Kier molecular flexibility index (Phi) is 4.39. The molecule has 0 aliphatic carbocycles. The zero-order valence-corrected chi connectivity index (χ0v) is 8.79. The highest BCUT2D eigenvalue weighted by Gasteiger charge is 2.28. The van der Waals surface area contributed by atoms with E-state index in [1.54, 1.807) is 0 Å². The van der Waals surface area contributed by atoms with Gasteiger partial charge in [-0.1, -0.05) is 0 Å². The highest BCUT2D eigenvalue weighted by Crippen LogP contribution is 2.21. The summed E-state index contributed by atoms with van der Waals surface area (Å²) < 4.78 is 23.9. The van der Waals surface area contributed by atoms with Crippen molar-refractivity contribution in [2.45, 2.75) is 19.3 Å². The van der Waals surface area contributed by atoms with E-state index in [0.717, 1.165) is 6.08 Å². The second-order valence-corrected chi connectivity index (χ2v) is 3.83. The van der Waals surface area contributed by atoms with Crippen molar-refractivity contribution in [3.63, 3.8) is 0 Å². The van der Waals surface area contributed by atoms with Crippen LogP contribution in [0.1, 0.15) is 19.3 Å². The largest absolute Gasteiger partial charge is 0.370 e. The second-order valence-electron chi connectivity index (χ2n) is 3.83. The van der Waals surface area contributed by atoms with Crippen LogP contribution in [-0.4, -0.2) is 29.8 Å². The summed E-state index contributed by atoms with van der Waals surface area (Å²) in [6.07, 6.45) is -0.131. The van der Waals surface area contributed by atoms with Crippen LogP contribution < -0.4 is 5.73 Å². The van der Waals surface area contributed by atoms with E-state index in [2.05, 4.69) is 0 Å². The van der Waals surface area contributed by atoms with Gasteiger partial charge in [0.2, 0.25) is 11.8 Å². The van der Waals surface area contributed by atoms with Crippen molar-refractivity contribution >= 4 is 11.8 Å². The normalized spacial score (nSPS) is 20.0.